The van der Waals surface area contributed by atoms with Gasteiger partial charge in [0.1, 0.15) is 0 Å². The third-order valence-corrected chi connectivity index (χ3v) is 1.06. The van der Waals surface area contributed by atoms with Crippen molar-refractivity contribution in [3.63, 3.8) is 0 Å². The van der Waals surface area contributed by atoms with Crippen LogP contribution in [0.1, 0.15) is 0 Å². The minimum atomic E-state index is -1.57. The molecule has 0 atom stereocenters. The number of hydrogen-bond acceptors (Lipinski definition) is 7. The zero-order chi connectivity index (χ0) is 12.4. The van der Waals surface area contributed by atoms with Gasteiger partial charge in [-0.3, -0.25) is 4.90 Å². The number of carboxylic acid groups (broad SMARTS) is 3. The summed E-state index contributed by atoms with van der Waals surface area (Å²) in [6.07, 6.45) is 0. The van der Waals surface area contributed by atoms with Crippen LogP contribution in [0.3, 0.4) is 0 Å². The molecular weight excluding hydrogens is 275 g/mol. The Morgan fingerprint density at radius 2 is 0.889 bits per heavy atom. The molecule has 0 saturated carbocycles. The molecule has 0 aromatic carbocycles. The van der Waals surface area contributed by atoms with Gasteiger partial charge in [0.25, 0.3) is 0 Å². The first-order chi connectivity index (χ1) is 6.91. The molecule has 86 valence electrons. The Labute approximate surface area is 171 Å². The molecule has 0 saturated heterocycles. The molecule has 0 aromatic heterocycles. The maximum Gasteiger partial charge on any atom is 1.00 e. The van der Waals surface area contributed by atoms with E-state index in [2.05, 4.69) is 13.2 Å². The first-order valence-electron chi connectivity index (χ1n) is 3.73. The Morgan fingerprint density at radius 1 is 0.722 bits per heavy atom. The fourth-order valence-corrected chi connectivity index (χ4v) is 0.715. The minimum absolute atomic E-state index is 0. The molecule has 7 nitrogen and oxygen atoms in total. The molecule has 0 heterocycles. The van der Waals surface area contributed by atoms with Crippen LogP contribution < -0.4 is 104 Å². The molecular formula is C8H10NNa3O6. The topological polar surface area (TPSA) is 124 Å². The zero-order valence-corrected chi connectivity index (χ0v) is 16.9. The fraction of sp³-hybridized carbons (Fsp3) is 0.375. The van der Waals surface area contributed by atoms with Crippen LogP contribution in [0.5, 0.6) is 0 Å². The van der Waals surface area contributed by atoms with Crippen LogP contribution in [-0.4, -0.2) is 42.4 Å². The van der Waals surface area contributed by atoms with Crippen molar-refractivity contribution in [2.45, 2.75) is 0 Å². The summed E-state index contributed by atoms with van der Waals surface area (Å²) in [4.78, 5) is 30.6. The van der Waals surface area contributed by atoms with Gasteiger partial charge in [-0.2, -0.15) is 0 Å². The molecule has 0 radical (unpaired) electrons. The number of nitrogens with zero attached hydrogens (tertiary/aromatic N) is 1. The average Bonchev–Trinajstić information content (AvgIpc) is 2.03. The SMILES string of the molecule is C=C.O=C([O-])CN(CC(=O)[O-])CC(=O)[O-].[Na+].[Na+].[Na+]. The van der Waals surface area contributed by atoms with Crippen molar-refractivity contribution in [2.75, 3.05) is 19.6 Å². The van der Waals surface area contributed by atoms with Crippen molar-refractivity contribution in [3.05, 3.63) is 13.2 Å². The van der Waals surface area contributed by atoms with Gasteiger partial charge < -0.3 is 29.7 Å². The Bertz CT molecular complexity index is 213. The van der Waals surface area contributed by atoms with Gasteiger partial charge in [0.05, 0.1) is 17.9 Å². The Morgan fingerprint density at radius 3 is 1.00 bits per heavy atom. The van der Waals surface area contributed by atoms with Gasteiger partial charge in [-0.05, 0) is 0 Å². The number of carbonyl (C=O) groups excluding carboxylic acids is 3. The Kier molecular flexibility index (Phi) is 35.7. The van der Waals surface area contributed by atoms with Crippen LogP contribution in [0.15, 0.2) is 13.2 Å². The molecule has 0 N–H and O–H groups in total. The molecule has 0 aliphatic carbocycles. The van der Waals surface area contributed by atoms with Gasteiger partial charge in [0, 0.05) is 19.6 Å². The summed E-state index contributed by atoms with van der Waals surface area (Å²) in [5.74, 6) is -4.70. The standard InChI is InChI=1S/C6H9NO6.C2H4.3Na/c8-4(9)1-7(2-5(10)11)3-6(12)13;1-2;;;/h1-3H2,(H,8,9)(H,10,11)(H,12,13);1-2H2;;;/q;;3*+1/p-3. The summed E-state index contributed by atoms with van der Waals surface area (Å²) in [7, 11) is 0. The van der Waals surface area contributed by atoms with E-state index in [0.29, 0.717) is 4.90 Å². The van der Waals surface area contributed by atoms with Crippen LogP contribution in [0.2, 0.25) is 0 Å². The van der Waals surface area contributed by atoms with Crippen molar-refractivity contribution >= 4 is 17.9 Å². The molecule has 10 heteroatoms. The van der Waals surface area contributed by atoms with E-state index in [1.165, 1.54) is 0 Å². The predicted octanol–water partition coefficient (Wildman–Crippen LogP) is -13.6. The molecule has 0 aromatic rings. The second-order valence-corrected chi connectivity index (χ2v) is 2.26. The fourth-order valence-electron chi connectivity index (χ4n) is 0.715. The van der Waals surface area contributed by atoms with Crippen molar-refractivity contribution < 1.29 is 118 Å². The molecule has 0 bridgehead atoms. The molecule has 0 rings (SSSR count). The molecule has 0 aliphatic rings. The quantitative estimate of drug-likeness (QED) is 0.350. The summed E-state index contributed by atoms with van der Waals surface area (Å²) in [6.45, 7) is 3.63. The first-order valence-corrected chi connectivity index (χ1v) is 3.73. The summed E-state index contributed by atoms with van der Waals surface area (Å²) >= 11 is 0. The van der Waals surface area contributed by atoms with Crippen LogP contribution in [0.25, 0.3) is 0 Å². The van der Waals surface area contributed by atoms with E-state index in [0.717, 1.165) is 0 Å². The monoisotopic (exact) mass is 285 g/mol. The number of hydrogen-bond donors (Lipinski definition) is 0. The van der Waals surface area contributed by atoms with Gasteiger partial charge in [-0.1, -0.05) is 0 Å². The largest absolute Gasteiger partial charge is 1.00 e. The molecule has 0 aliphatic heterocycles. The third kappa shape index (κ3) is 25.8. The molecule has 0 unspecified atom stereocenters. The second-order valence-electron chi connectivity index (χ2n) is 2.26. The van der Waals surface area contributed by atoms with Gasteiger partial charge in [0.2, 0.25) is 0 Å². The van der Waals surface area contributed by atoms with Crippen molar-refractivity contribution in [3.8, 4) is 0 Å². The summed E-state index contributed by atoms with van der Waals surface area (Å²) in [6, 6.07) is 0. The van der Waals surface area contributed by atoms with Crippen LogP contribution in [-0.2, 0) is 14.4 Å². The van der Waals surface area contributed by atoms with Crippen molar-refractivity contribution in [1.29, 1.82) is 0 Å². The number of rotatable bonds is 6. The summed E-state index contributed by atoms with van der Waals surface area (Å²) in [5.41, 5.74) is 0. The molecule has 18 heavy (non-hydrogen) atoms. The van der Waals surface area contributed by atoms with E-state index in [9.17, 15) is 29.7 Å². The van der Waals surface area contributed by atoms with Gasteiger partial charge >= 0.3 is 88.7 Å². The van der Waals surface area contributed by atoms with E-state index >= 15 is 0 Å². The number of carbonyl (C=O) groups is 3. The van der Waals surface area contributed by atoms with Crippen LogP contribution in [0.4, 0.5) is 0 Å². The zero-order valence-electron chi connectivity index (χ0n) is 10.9. The molecule has 0 amide bonds. The maximum absolute atomic E-state index is 9.99. The van der Waals surface area contributed by atoms with Crippen LogP contribution in [0, 0.1) is 0 Å². The van der Waals surface area contributed by atoms with E-state index in [-0.39, 0.29) is 88.7 Å². The minimum Gasteiger partial charge on any atom is -0.549 e. The van der Waals surface area contributed by atoms with Crippen LogP contribution >= 0.6 is 0 Å². The normalized spacial score (nSPS) is 7.39. The van der Waals surface area contributed by atoms with Crippen molar-refractivity contribution in [2.24, 2.45) is 0 Å². The maximum atomic E-state index is 9.99. The first kappa shape index (κ1) is 31.5. The molecule has 0 spiro atoms. The smallest absolute Gasteiger partial charge is 0.549 e. The van der Waals surface area contributed by atoms with E-state index in [4.69, 9.17) is 0 Å². The Hall–Kier alpha value is 1.11. The predicted molar refractivity (Wildman–Crippen MR) is 42.7 cm³/mol. The third-order valence-electron chi connectivity index (χ3n) is 1.06. The summed E-state index contributed by atoms with van der Waals surface area (Å²) in [5, 5.41) is 30.0. The second kappa shape index (κ2) is 20.4. The summed E-state index contributed by atoms with van der Waals surface area (Å²) < 4.78 is 0. The average molecular weight is 285 g/mol. The van der Waals surface area contributed by atoms with Gasteiger partial charge in [0.15, 0.2) is 0 Å². The van der Waals surface area contributed by atoms with Gasteiger partial charge in [-0.15, -0.1) is 13.2 Å². The Balaban J connectivity index is -0.000000107. The number of aliphatic carboxylic acids is 3. The van der Waals surface area contributed by atoms with Gasteiger partial charge in [-0.25, -0.2) is 0 Å². The number of carboxylic acids is 3. The van der Waals surface area contributed by atoms with E-state index in [1.807, 2.05) is 0 Å². The molecule has 0 fully saturated rings. The van der Waals surface area contributed by atoms with Crippen molar-refractivity contribution in [1.82, 2.24) is 4.90 Å². The van der Waals surface area contributed by atoms with E-state index in [1.54, 1.807) is 0 Å². The van der Waals surface area contributed by atoms with E-state index < -0.39 is 37.5 Å².